The number of carbonyl (C=O) groups is 1. The number of H-pyrrole nitrogens is 1. The molecule has 0 unspecified atom stereocenters. The van der Waals surface area contributed by atoms with Crippen LogP contribution in [0.15, 0.2) is 58.5 Å². The van der Waals surface area contributed by atoms with E-state index in [0.717, 1.165) is 17.5 Å². The van der Waals surface area contributed by atoms with Crippen LogP contribution in [0.4, 0.5) is 5.82 Å². The molecular weight excluding hydrogens is 434 g/mol. The summed E-state index contributed by atoms with van der Waals surface area (Å²) in [6.07, 6.45) is 1.03. The Bertz CT molecular complexity index is 1160. The lowest BCUT2D eigenvalue weighted by molar-refractivity contribution is -0.116. The van der Waals surface area contributed by atoms with E-state index in [-0.39, 0.29) is 17.9 Å². The molecule has 1 aromatic heterocycles. The second kappa shape index (κ2) is 9.58. The van der Waals surface area contributed by atoms with Gasteiger partial charge in [-0.25, -0.2) is 4.98 Å². The molecule has 0 saturated carbocycles. The first-order valence-electron chi connectivity index (χ1n) is 10.1. The summed E-state index contributed by atoms with van der Waals surface area (Å²) < 4.78 is 5.87. The predicted molar refractivity (Wildman–Crippen MR) is 123 cm³/mol. The first-order valence-corrected chi connectivity index (χ1v) is 11.4. The average molecular weight is 456 g/mol. The standard InChI is InChI=1S/C23H22ClN3O3S/c1-2-11-30-18-10-6-4-8-15(18)16-12-19(28)25-21-20(16)22(29)27-23(26-21)31-13-14-7-3-5-9-17(14)24/h3-10,16H,2,11-13H2,1H3,(H2,25,26,27,28,29)/t16-/m0/s1. The van der Waals surface area contributed by atoms with Gasteiger partial charge in [-0.1, -0.05) is 66.7 Å². The second-order valence-corrected chi connectivity index (χ2v) is 8.58. The van der Waals surface area contributed by atoms with E-state index in [9.17, 15) is 9.59 Å². The molecule has 1 amide bonds. The number of fused-ring (bicyclic) bond motifs is 1. The van der Waals surface area contributed by atoms with Crippen LogP contribution >= 0.6 is 23.4 Å². The molecule has 6 nitrogen and oxygen atoms in total. The fourth-order valence-electron chi connectivity index (χ4n) is 3.56. The molecule has 0 saturated heterocycles. The molecule has 2 aromatic carbocycles. The number of hydrogen-bond acceptors (Lipinski definition) is 5. The number of anilines is 1. The van der Waals surface area contributed by atoms with Crippen LogP contribution in [0, 0.1) is 0 Å². The van der Waals surface area contributed by atoms with Crippen LogP contribution < -0.4 is 15.6 Å². The molecule has 2 N–H and O–H groups in total. The van der Waals surface area contributed by atoms with Gasteiger partial charge >= 0.3 is 0 Å². The highest BCUT2D eigenvalue weighted by atomic mass is 35.5. The molecule has 3 aromatic rings. The minimum atomic E-state index is -0.421. The van der Waals surface area contributed by atoms with Gasteiger partial charge in [-0.2, -0.15) is 0 Å². The van der Waals surface area contributed by atoms with Crippen LogP contribution in [-0.4, -0.2) is 22.5 Å². The van der Waals surface area contributed by atoms with Crippen LogP contribution in [-0.2, 0) is 10.5 Å². The monoisotopic (exact) mass is 455 g/mol. The summed E-state index contributed by atoms with van der Waals surface area (Å²) >= 11 is 7.58. The van der Waals surface area contributed by atoms with E-state index >= 15 is 0 Å². The van der Waals surface area contributed by atoms with Crippen molar-refractivity contribution < 1.29 is 9.53 Å². The lowest BCUT2D eigenvalue weighted by atomic mass is 9.86. The number of benzene rings is 2. The van der Waals surface area contributed by atoms with E-state index < -0.39 is 5.92 Å². The Morgan fingerprint density at radius 2 is 1.94 bits per heavy atom. The summed E-state index contributed by atoms with van der Waals surface area (Å²) in [7, 11) is 0. The van der Waals surface area contributed by atoms with Crippen molar-refractivity contribution in [3.05, 3.63) is 80.6 Å². The Morgan fingerprint density at radius 1 is 1.16 bits per heavy atom. The number of nitrogens with one attached hydrogen (secondary N) is 2. The summed E-state index contributed by atoms with van der Waals surface area (Å²) in [6, 6.07) is 15.1. The topological polar surface area (TPSA) is 84.1 Å². The Balaban J connectivity index is 1.67. The van der Waals surface area contributed by atoms with Gasteiger partial charge in [0.2, 0.25) is 5.91 Å². The Morgan fingerprint density at radius 3 is 2.74 bits per heavy atom. The van der Waals surface area contributed by atoms with Gasteiger partial charge in [-0.05, 0) is 24.1 Å². The van der Waals surface area contributed by atoms with Crippen LogP contribution in [0.3, 0.4) is 0 Å². The van der Waals surface area contributed by atoms with Crippen molar-refractivity contribution in [2.75, 3.05) is 11.9 Å². The first kappa shape index (κ1) is 21.5. The van der Waals surface area contributed by atoms with Crippen molar-refractivity contribution in [1.82, 2.24) is 9.97 Å². The number of amides is 1. The summed E-state index contributed by atoms with van der Waals surface area (Å²) in [6.45, 7) is 2.59. The number of aromatic nitrogens is 2. The molecule has 8 heteroatoms. The molecule has 2 heterocycles. The van der Waals surface area contributed by atoms with E-state index in [1.807, 2.05) is 55.5 Å². The molecule has 1 atom stereocenters. The van der Waals surface area contributed by atoms with Crippen LogP contribution in [0.2, 0.25) is 5.02 Å². The van der Waals surface area contributed by atoms with Gasteiger partial charge in [0.25, 0.3) is 5.56 Å². The molecule has 31 heavy (non-hydrogen) atoms. The van der Waals surface area contributed by atoms with Gasteiger partial charge in [-0.3, -0.25) is 9.59 Å². The van der Waals surface area contributed by atoms with E-state index in [1.165, 1.54) is 11.8 Å². The quantitative estimate of drug-likeness (QED) is 0.387. The molecule has 0 fully saturated rings. The van der Waals surface area contributed by atoms with Crippen molar-refractivity contribution in [2.45, 2.75) is 36.6 Å². The van der Waals surface area contributed by atoms with Gasteiger partial charge in [0.1, 0.15) is 11.6 Å². The maximum Gasteiger partial charge on any atom is 0.257 e. The van der Waals surface area contributed by atoms with E-state index in [1.54, 1.807) is 0 Å². The van der Waals surface area contributed by atoms with Gasteiger partial charge in [0.05, 0.1) is 12.2 Å². The van der Waals surface area contributed by atoms with Gasteiger partial charge in [0, 0.05) is 28.7 Å². The molecule has 0 aliphatic carbocycles. The average Bonchev–Trinajstić information content (AvgIpc) is 2.76. The fourth-order valence-corrected chi connectivity index (χ4v) is 4.70. The first-order chi connectivity index (χ1) is 15.1. The molecule has 0 radical (unpaired) electrons. The number of thioether (sulfide) groups is 1. The van der Waals surface area contributed by atoms with Gasteiger partial charge in [0.15, 0.2) is 5.16 Å². The second-order valence-electron chi connectivity index (χ2n) is 7.20. The number of rotatable bonds is 7. The molecule has 160 valence electrons. The Hall–Kier alpha value is -2.77. The lowest BCUT2D eigenvalue weighted by Gasteiger charge is -2.26. The van der Waals surface area contributed by atoms with Crippen LogP contribution in [0.25, 0.3) is 0 Å². The maximum absolute atomic E-state index is 13.1. The zero-order valence-electron chi connectivity index (χ0n) is 17.0. The summed E-state index contributed by atoms with van der Waals surface area (Å²) in [5.74, 6) is 0.939. The van der Waals surface area contributed by atoms with Crippen molar-refractivity contribution in [1.29, 1.82) is 0 Å². The molecular formula is C23H22ClN3O3S. The van der Waals surface area contributed by atoms with Crippen LogP contribution in [0.1, 0.15) is 42.4 Å². The largest absolute Gasteiger partial charge is 0.493 e. The number of ether oxygens (including phenoxy) is 1. The number of para-hydroxylation sites is 1. The molecule has 0 spiro atoms. The Labute approximate surface area is 189 Å². The van der Waals surface area contributed by atoms with Gasteiger partial charge in [-0.15, -0.1) is 0 Å². The van der Waals surface area contributed by atoms with E-state index in [2.05, 4.69) is 15.3 Å². The Kier molecular flexibility index (Phi) is 6.63. The number of nitrogens with zero attached hydrogens (tertiary/aromatic N) is 1. The van der Waals surface area contributed by atoms with E-state index in [4.69, 9.17) is 16.3 Å². The highest BCUT2D eigenvalue weighted by Crippen LogP contribution is 2.38. The van der Waals surface area contributed by atoms with Crippen molar-refractivity contribution >= 4 is 35.1 Å². The summed E-state index contributed by atoms with van der Waals surface area (Å²) in [5.41, 5.74) is 1.95. The smallest absolute Gasteiger partial charge is 0.257 e. The third-order valence-electron chi connectivity index (χ3n) is 5.01. The van der Waals surface area contributed by atoms with Crippen molar-refractivity contribution in [3.8, 4) is 5.75 Å². The fraction of sp³-hybridized carbons (Fsp3) is 0.261. The third kappa shape index (κ3) is 4.78. The number of aromatic amines is 1. The molecule has 4 rings (SSSR count). The van der Waals surface area contributed by atoms with E-state index in [0.29, 0.717) is 39.7 Å². The highest BCUT2D eigenvalue weighted by molar-refractivity contribution is 7.98. The molecule has 1 aliphatic heterocycles. The third-order valence-corrected chi connectivity index (χ3v) is 6.30. The van der Waals surface area contributed by atoms with Crippen molar-refractivity contribution in [2.24, 2.45) is 0 Å². The van der Waals surface area contributed by atoms with Crippen LogP contribution in [0.5, 0.6) is 5.75 Å². The van der Waals surface area contributed by atoms with Gasteiger partial charge < -0.3 is 15.0 Å². The zero-order chi connectivity index (χ0) is 21.8. The van der Waals surface area contributed by atoms with Crippen molar-refractivity contribution in [3.63, 3.8) is 0 Å². The number of hydrogen-bond donors (Lipinski definition) is 2. The minimum Gasteiger partial charge on any atom is -0.493 e. The summed E-state index contributed by atoms with van der Waals surface area (Å²) in [5, 5.41) is 3.85. The zero-order valence-corrected chi connectivity index (χ0v) is 18.6. The predicted octanol–water partition coefficient (Wildman–Crippen LogP) is 4.98. The number of halogens is 1. The minimum absolute atomic E-state index is 0.163. The lowest BCUT2D eigenvalue weighted by Crippen LogP contribution is -2.31. The normalized spacial score (nSPS) is 15.3. The highest BCUT2D eigenvalue weighted by Gasteiger charge is 2.32. The molecule has 0 bridgehead atoms. The number of carbonyl (C=O) groups excluding carboxylic acids is 1. The maximum atomic E-state index is 13.1. The summed E-state index contributed by atoms with van der Waals surface area (Å²) in [4.78, 5) is 32.9. The molecule has 1 aliphatic rings. The SMILES string of the molecule is CCCOc1ccccc1[C@@H]1CC(=O)Nc2nc(SCc3ccccc3Cl)[nH]c(=O)c21.